The molecule has 0 saturated heterocycles. The molecule has 1 aromatic heterocycles. The van der Waals surface area contributed by atoms with Crippen LogP contribution in [0.15, 0.2) is 59.0 Å². The second-order valence-electron chi connectivity index (χ2n) is 7.18. The quantitative estimate of drug-likeness (QED) is 0.595. The number of carbonyl (C=O) groups is 1. The molecule has 4 rings (SSSR count). The molecule has 0 spiro atoms. The van der Waals surface area contributed by atoms with E-state index in [0.717, 1.165) is 34.8 Å². The summed E-state index contributed by atoms with van der Waals surface area (Å²) in [6, 6.07) is 16.8. The van der Waals surface area contributed by atoms with Gasteiger partial charge in [-0.1, -0.05) is 18.2 Å². The summed E-state index contributed by atoms with van der Waals surface area (Å²) in [6.07, 6.45) is 1.02. The second-order valence-corrected chi connectivity index (χ2v) is 7.18. The number of hydrogen-bond acceptors (Lipinski definition) is 5. The van der Waals surface area contributed by atoms with Crippen LogP contribution in [0.3, 0.4) is 0 Å². The lowest BCUT2D eigenvalue weighted by Gasteiger charge is -2.13. The fourth-order valence-corrected chi connectivity index (χ4v) is 3.42. The molecule has 0 fully saturated rings. The van der Waals surface area contributed by atoms with Gasteiger partial charge in [0.2, 0.25) is 0 Å². The van der Waals surface area contributed by atoms with Crippen LogP contribution < -0.4 is 19.5 Å². The molecule has 1 N–H and O–H groups in total. The first-order chi connectivity index (χ1) is 14.6. The van der Waals surface area contributed by atoms with Gasteiger partial charge in [0.25, 0.3) is 5.91 Å². The van der Waals surface area contributed by atoms with E-state index in [2.05, 4.69) is 5.32 Å². The lowest BCUT2D eigenvalue weighted by atomic mass is 10.1. The van der Waals surface area contributed by atoms with Crippen molar-refractivity contribution >= 4 is 5.91 Å². The molecule has 0 unspecified atom stereocenters. The average molecular weight is 407 g/mol. The number of benzene rings is 2. The maximum atomic E-state index is 12.5. The van der Waals surface area contributed by atoms with Gasteiger partial charge in [-0.15, -0.1) is 0 Å². The normalized spacial score (nSPS) is 14.7. The lowest BCUT2D eigenvalue weighted by Crippen LogP contribution is -2.22. The Kier molecular flexibility index (Phi) is 5.93. The number of fused-ring (bicyclic) bond motifs is 1. The monoisotopic (exact) mass is 407 g/mol. The van der Waals surface area contributed by atoms with Crippen LogP contribution in [-0.4, -0.2) is 18.6 Å². The minimum atomic E-state index is -0.293. The standard InChI is InChI=1S/C24H25NO5/c1-3-27-22-12-17-11-16(2)29-23(17)13-18(22)14-25-24(26)21-10-9-20(30-21)15-28-19-7-5-4-6-8-19/h4-10,12-13,16H,3,11,14-15H2,1-2H3,(H,25,26)/t16-/m1/s1. The smallest absolute Gasteiger partial charge is 0.287 e. The van der Waals surface area contributed by atoms with Gasteiger partial charge < -0.3 is 23.9 Å². The summed E-state index contributed by atoms with van der Waals surface area (Å²) in [6.45, 7) is 5.11. The van der Waals surface area contributed by atoms with Crippen LogP contribution >= 0.6 is 0 Å². The first-order valence-corrected chi connectivity index (χ1v) is 10.1. The summed E-state index contributed by atoms with van der Waals surface area (Å²) < 4.78 is 22.9. The molecule has 1 aliphatic heterocycles. The molecular weight excluding hydrogens is 382 g/mol. The highest BCUT2D eigenvalue weighted by Crippen LogP contribution is 2.35. The van der Waals surface area contributed by atoms with Crippen molar-refractivity contribution in [2.75, 3.05) is 6.61 Å². The van der Waals surface area contributed by atoms with E-state index in [4.69, 9.17) is 18.6 Å². The molecule has 2 heterocycles. The van der Waals surface area contributed by atoms with Gasteiger partial charge in [-0.25, -0.2) is 0 Å². The second kappa shape index (κ2) is 8.95. The molecule has 30 heavy (non-hydrogen) atoms. The topological polar surface area (TPSA) is 69.9 Å². The van der Waals surface area contributed by atoms with Crippen molar-refractivity contribution in [3.05, 3.63) is 77.2 Å². The number of amides is 1. The number of hydrogen-bond donors (Lipinski definition) is 1. The van der Waals surface area contributed by atoms with Crippen LogP contribution in [0, 0.1) is 0 Å². The molecule has 0 radical (unpaired) electrons. The summed E-state index contributed by atoms with van der Waals surface area (Å²) in [5.41, 5.74) is 2.01. The highest BCUT2D eigenvalue weighted by Gasteiger charge is 2.22. The minimum absolute atomic E-state index is 0.152. The third-order valence-corrected chi connectivity index (χ3v) is 4.83. The van der Waals surface area contributed by atoms with Gasteiger partial charge in [0.15, 0.2) is 5.76 Å². The molecule has 1 atom stereocenters. The summed E-state index contributed by atoms with van der Waals surface area (Å²) in [5, 5.41) is 2.89. The highest BCUT2D eigenvalue weighted by atomic mass is 16.5. The number of rotatable bonds is 8. The average Bonchev–Trinajstić information content (AvgIpc) is 3.37. The van der Waals surface area contributed by atoms with Gasteiger partial charge in [-0.05, 0) is 50.2 Å². The van der Waals surface area contributed by atoms with Crippen LogP contribution in [-0.2, 0) is 19.6 Å². The molecule has 1 aliphatic rings. The van der Waals surface area contributed by atoms with Crippen LogP contribution in [0.25, 0.3) is 0 Å². The SMILES string of the molecule is CCOc1cc2c(cc1CNC(=O)c1ccc(COc3ccccc3)o1)O[C@H](C)C2. The van der Waals surface area contributed by atoms with E-state index in [-0.39, 0.29) is 24.4 Å². The van der Waals surface area contributed by atoms with Gasteiger partial charge in [0, 0.05) is 24.1 Å². The Morgan fingerprint density at radius 2 is 1.97 bits per heavy atom. The third kappa shape index (κ3) is 4.59. The van der Waals surface area contributed by atoms with E-state index < -0.39 is 0 Å². The molecule has 1 amide bonds. The zero-order valence-electron chi connectivity index (χ0n) is 17.1. The molecule has 0 saturated carbocycles. The van der Waals surface area contributed by atoms with Crippen LogP contribution in [0.2, 0.25) is 0 Å². The lowest BCUT2D eigenvalue weighted by molar-refractivity contribution is 0.0918. The Morgan fingerprint density at radius 3 is 2.77 bits per heavy atom. The largest absolute Gasteiger partial charge is 0.494 e. The molecule has 3 aromatic rings. The Balaban J connectivity index is 1.38. The van der Waals surface area contributed by atoms with Gasteiger partial charge in [0.1, 0.15) is 35.7 Å². The van der Waals surface area contributed by atoms with Crippen molar-refractivity contribution in [3.63, 3.8) is 0 Å². The van der Waals surface area contributed by atoms with Crippen molar-refractivity contribution in [3.8, 4) is 17.2 Å². The van der Waals surface area contributed by atoms with Crippen LogP contribution in [0.5, 0.6) is 17.2 Å². The van der Waals surface area contributed by atoms with E-state index in [1.165, 1.54) is 0 Å². The molecule has 6 nitrogen and oxygen atoms in total. The van der Waals surface area contributed by atoms with Gasteiger partial charge in [0.05, 0.1) is 6.61 Å². The van der Waals surface area contributed by atoms with E-state index in [1.54, 1.807) is 12.1 Å². The molecule has 6 heteroatoms. The first kappa shape index (κ1) is 19.9. The van der Waals surface area contributed by atoms with Gasteiger partial charge in [-0.2, -0.15) is 0 Å². The van der Waals surface area contributed by atoms with E-state index in [9.17, 15) is 4.79 Å². The minimum Gasteiger partial charge on any atom is -0.494 e. The Morgan fingerprint density at radius 1 is 1.13 bits per heavy atom. The Hall–Kier alpha value is -3.41. The summed E-state index contributed by atoms with van der Waals surface area (Å²) in [5.74, 6) is 2.90. The predicted octanol–water partition coefficient (Wildman–Crippen LogP) is 4.51. The fraction of sp³-hybridized carbons (Fsp3) is 0.292. The van der Waals surface area contributed by atoms with Crippen molar-refractivity contribution in [1.82, 2.24) is 5.32 Å². The maximum Gasteiger partial charge on any atom is 0.287 e. The predicted molar refractivity (Wildman–Crippen MR) is 112 cm³/mol. The van der Waals surface area contributed by atoms with E-state index in [1.807, 2.05) is 56.3 Å². The van der Waals surface area contributed by atoms with Crippen molar-refractivity contribution in [2.24, 2.45) is 0 Å². The molecule has 0 bridgehead atoms. The van der Waals surface area contributed by atoms with Crippen molar-refractivity contribution in [2.45, 2.75) is 39.5 Å². The zero-order valence-corrected chi connectivity index (χ0v) is 17.1. The first-order valence-electron chi connectivity index (χ1n) is 10.1. The van der Waals surface area contributed by atoms with E-state index in [0.29, 0.717) is 18.9 Å². The number of furan rings is 1. The third-order valence-electron chi connectivity index (χ3n) is 4.83. The van der Waals surface area contributed by atoms with Crippen LogP contribution in [0.4, 0.5) is 0 Å². The fourth-order valence-electron chi connectivity index (χ4n) is 3.42. The molecular formula is C24H25NO5. The number of nitrogens with one attached hydrogen (secondary N) is 1. The number of para-hydroxylation sites is 1. The summed E-state index contributed by atoms with van der Waals surface area (Å²) >= 11 is 0. The highest BCUT2D eigenvalue weighted by molar-refractivity contribution is 5.91. The van der Waals surface area contributed by atoms with Crippen molar-refractivity contribution in [1.29, 1.82) is 0 Å². The number of carbonyl (C=O) groups excluding carboxylic acids is 1. The molecule has 156 valence electrons. The Labute approximate surface area is 175 Å². The van der Waals surface area contributed by atoms with Crippen molar-refractivity contribution < 1.29 is 23.4 Å². The van der Waals surface area contributed by atoms with Gasteiger partial charge in [-0.3, -0.25) is 4.79 Å². The van der Waals surface area contributed by atoms with E-state index >= 15 is 0 Å². The summed E-state index contributed by atoms with van der Waals surface area (Å²) in [7, 11) is 0. The molecule has 2 aromatic carbocycles. The molecule has 0 aliphatic carbocycles. The zero-order chi connectivity index (χ0) is 20.9. The summed E-state index contributed by atoms with van der Waals surface area (Å²) in [4.78, 5) is 12.5. The maximum absolute atomic E-state index is 12.5. The van der Waals surface area contributed by atoms with Crippen LogP contribution in [0.1, 0.15) is 41.3 Å². The number of ether oxygens (including phenoxy) is 3. The Bertz CT molecular complexity index is 1010. The van der Waals surface area contributed by atoms with Gasteiger partial charge >= 0.3 is 0 Å².